The smallest absolute Gasteiger partial charge is 0.276 e. The molecule has 0 aromatic carbocycles. The number of nitrogens with zero attached hydrogens (tertiary/aromatic N) is 3. The molecule has 0 spiro atoms. The number of likely N-dealkylation sites (N-methyl/N-ethyl adjacent to an activating group) is 1. The van der Waals surface area contributed by atoms with Crippen LogP contribution in [0.5, 0.6) is 0 Å². The van der Waals surface area contributed by atoms with Gasteiger partial charge in [-0.05, 0) is 0 Å². The number of aromatic nitrogens is 1. The van der Waals surface area contributed by atoms with Gasteiger partial charge in [-0.1, -0.05) is 5.16 Å². The summed E-state index contributed by atoms with van der Waals surface area (Å²) in [5.41, 5.74) is -0.0514. The SMILES string of the molecule is CON=C(C(=O)N[C@H]1C(=O)N(C)[C@H]1NC(C)=O)c1csc(NC(=O)CCl)n1. The number of rotatable bonds is 7. The first-order valence-electron chi connectivity index (χ1n) is 7.56. The average molecular weight is 417 g/mol. The van der Waals surface area contributed by atoms with Crippen molar-refractivity contribution in [3.63, 3.8) is 0 Å². The molecule has 2 rings (SSSR count). The summed E-state index contributed by atoms with van der Waals surface area (Å²) in [6.07, 6.45) is -0.670. The Morgan fingerprint density at radius 3 is 2.70 bits per heavy atom. The summed E-state index contributed by atoms with van der Waals surface area (Å²) in [6.45, 7) is 1.30. The molecular formula is C14H17ClN6O5S. The number of amides is 4. The van der Waals surface area contributed by atoms with Crippen molar-refractivity contribution in [2.45, 2.75) is 19.1 Å². The quantitative estimate of drug-likeness (QED) is 0.227. The number of thiazole rings is 1. The lowest BCUT2D eigenvalue weighted by molar-refractivity contribution is -0.153. The van der Waals surface area contributed by atoms with E-state index < -0.39 is 24.0 Å². The lowest BCUT2D eigenvalue weighted by atomic mass is 10.0. The Kier molecular flexibility index (Phi) is 6.69. The Morgan fingerprint density at radius 2 is 2.11 bits per heavy atom. The summed E-state index contributed by atoms with van der Waals surface area (Å²) in [4.78, 5) is 57.2. The van der Waals surface area contributed by atoms with Crippen molar-refractivity contribution >= 4 is 57.4 Å². The van der Waals surface area contributed by atoms with Crippen LogP contribution in [0.1, 0.15) is 12.6 Å². The third-order valence-electron chi connectivity index (χ3n) is 3.50. The van der Waals surface area contributed by atoms with Gasteiger partial charge in [0.15, 0.2) is 10.8 Å². The molecule has 0 aliphatic carbocycles. The maximum atomic E-state index is 12.6. The van der Waals surface area contributed by atoms with E-state index in [0.717, 1.165) is 11.3 Å². The molecule has 1 aromatic rings. The summed E-state index contributed by atoms with van der Waals surface area (Å²) >= 11 is 6.48. The molecule has 1 fully saturated rings. The maximum absolute atomic E-state index is 12.6. The van der Waals surface area contributed by atoms with E-state index >= 15 is 0 Å². The van der Waals surface area contributed by atoms with Gasteiger partial charge in [0, 0.05) is 19.4 Å². The van der Waals surface area contributed by atoms with E-state index in [9.17, 15) is 19.2 Å². The van der Waals surface area contributed by atoms with Gasteiger partial charge in [-0.25, -0.2) is 4.98 Å². The van der Waals surface area contributed by atoms with Crippen LogP contribution in [-0.4, -0.2) is 71.5 Å². The first-order valence-corrected chi connectivity index (χ1v) is 8.97. The molecule has 0 bridgehead atoms. The maximum Gasteiger partial charge on any atom is 0.276 e. The second-order valence-corrected chi connectivity index (χ2v) is 6.51. The summed E-state index contributed by atoms with van der Waals surface area (Å²) in [6, 6.07) is -0.942. The lowest BCUT2D eigenvalue weighted by Gasteiger charge is -2.44. The van der Waals surface area contributed by atoms with Crippen LogP contribution >= 0.6 is 22.9 Å². The van der Waals surface area contributed by atoms with Crippen LogP contribution in [-0.2, 0) is 24.0 Å². The molecular weight excluding hydrogens is 400 g/mol. The van der Waals surface area contributed by atoms with Crippen molar-refractivity contribution in [3.05, 3.63) is 11.1 Å². The molecule has 2 atom stereocenters. The van der Waals surface area contributed by atoms with Gasteiger partial charge < -0.3 is 25.7 Å². The Balaban J connectivity index is 2.14. The molecule has 0 saturated carbocycles. The fourth-order valence-electron chi connectivity index (χ4n) is 2.26. The highest BCUT2D eigenvalue weighted by molar-refractivity contribution is 7.14. The lowest BCUT2D eigenvalue weighted by Crippen LogP contribution is -2.74. The zero-order chi connectivity index (χ0) is 20.1. The molecule has 27 heavy (non-hydrogen) atoms. The molecule has 2 heterocycles. The molecule has 11 nitrogen and oxygen atoms in total. The third-order valence-corrected chi connectivity index (χ3v) is 4.50. The summed E-state index contributed by atoms with van der Waals surface area (Å²) in [5.74, 6) is -2.13. The van der Waals surface area contributed by atoms with E-state index in [1.165, 1.54) is 31.4 Å². The zero-order valence-electron chi connectivity index (χ0n) is 14.6. The number of anilines is 1. The molecule has 146 valence electrons. The van der Waals surface area contributed by atoms with Gasteiger partial charge in [-0.3, -0.25) is 19.2 Å². The topological polar surface area (TPSA) is 142 Å². The molecule has 0 radical (unpaired) electrons. The third kappa shape index (κ3) is 4.71. The summed E-state index contributed by atoms with van der Waals surface area (Å²) in [5, 5.41) is 12.9. The number of hydrogen-bond donors (Lipinski definition) is 3. The van der Waals surface area contributed by atoms with Gasteiger partial charge in [0.2, 0.25) is 11.8 Å². The van der Waals surface area contributed by atoms with Crippen LogP contribution in [0.25, 0.3) is 0 Å². The first-order chi connectivity index (χ1) is 12.8. The predicted molar refractivity (Wildman–Crippen MR) is 97.3 cm³/mol. The standard InChI is InChI=1S/C14H17ClN6O5S/c1-6(22)16-11-10(13(25)21(11)2)19-12(24)9(20-26-3)7-5-27-14(17-7)18-8(23)4-15/h5,10-11H,4H2,1-3H3,(H,16,22)(H,19,24)(H,17,18,23)/t10-,11-/m1/s1. The minimum Gasteiger partial charge on any atom is -0.398 e. The zero-order valence-corrected chi connectivity index (χ0v) is 16.2. The second kappa shape index (κ2) is 8.77. The minimum atomic E-state index is -0.942. The monoisotopic (exact) mass is 416 g/mol. The van der Waals surface area contributed by atoms with E-state index in [-0.39, 0.29) is 34.2 Å². The van der Waals surface area contributed by atoms with Gasteiger partial charge in [0.1, 0.15) is 30.9 Å². The summed E-state index contributed by atoms with van der Waals surface area (Å²) < 4.78 is 0. The number of oxime groups is 1. The fourth-order valence-corrected chi connectivity index (χ4v) is 3.04. The normalized spacial score (nSPS) is 19.2. The van der Waals surface area contributed by atoms with Gasteiger partial charge in [0.05, 0.1) is 0 Å². The van der Waals surface area contributed by atoms with Gasteiger partial charge in [-0.15, -0.1) is 22.9 Å². The van der Waals surface area contributed by atoms with Gasteiger partial charge in [0.25, 0.3) is 11.8 Å². The molecule has 0 unspecified atom stereocenters. The number of β-lactam (4-membered cyclic amide) rings is 1. The highest BCUT2D eigenvalue weighted by Crippen LogP contribution is 2.18. The van der Waals surface area contributed by atoms with E-state index in [1.54, 1.807) is 0 Å². The molecule has 4 amide bonds. The molecule has 1 aliphatic heterocycles. The largest absolute Gasteiger partial charge is 0.398 e. The minimum absolute atomic E-state index is 0.139. The van der Waals surface area contributed by atoms with Crippen LogP contribution < -0.4 is 16.0 Å². The number of likely N-dealkylation sites (tertiary alicyclic amines) is 1. The van der Waals surface area contributed by atoms with Crippen molar-refractivity contribution in [3.8, 4) is 0 Å². The number of carbonyl (C=O) groups is 4. The van der Waals surface area contributed by atoms with Gasteiger partial charge >= 0.3 is 0 Å². The molecule has 1 aromatic heterocycles. The molecule has 3 N–H and O–H groups in total. The molecule has 1 saturated heterocycles. The van der Waals surface area contributed by atoms with Crippen LogP contribution in [0, 0.1) is 0 Å². The van der Waals surface area contributed by atoms with Crippen molar-refractivity contribution < 1.29 is 24.0 Å². The number of alkyl halides is 1. The Hall–Kier alpha value is -2.73. The van der Waals surface area contributed by atoms with Crippen LogP contribution in [0.3, 0.4) is 0 Å². The number of halogens is 1. The molecule has 1 aliphatic rings. The van der Waals surface area contributed by atoms with Crippen molar-refractivity contribution in [2.24, 2.45) is 5.16 Å². The van der Waals surface area contributed by atoms with Crippen LogP contribution in [0.4, 0.5) is 5.13 Å². The van der Waals surface area contributed by atoms with E-state index in [4.69, 9.17) is 11.6 Å². The second-order valence-electron chi connectivity index (χ2n) is 5.39. The number of hydrogen-bond acceptors (Lipinski definition) is 8. The number of carbonyl (C=O) groups excluding carboxylic acids is 4. The van der Waals surface area contributed by atoms with Crippen LogP contribution in [0.2, 0.25) is 0 Å². The Labute approximate surface area is 163 Å². The summed E-state index contributed by atoms with van der Waals surface area (Å²) in [7, 11) is 2.75. The van der Waals surface area contributed by atoms with E-state index in [1.807, 2.05) is 0 Å². The van der Waals surface area contributed by atoms with E-state index in [2.05, 4.69) is 30.9 Å². The Bertz CT molecular complexity index is 797. The van der Waals surface area contributed by atoms with Crippen molar-refractivity contribution in [2.75, 3.05) is 25.4 Å². The highest BCUT2D eigenvalue weighted by Gasteiger charge is 2.47. The fraction of sp³-hybridized carbons (Fsp3) is 0.429. The van der Waals surface area contributed by atoms with Crippen molar-refractivity contribution in [1.82, 2.24) is 20.5 Å². The average Bonchev–Trinajstić information content (AvgIpc) is 3.09. The van der Waals surface area contributed by atoms with Crippen molar-refractivity contribution in [1.29, 1.82) is 0 Å². The Morgan fingerprint density at radius 1 is 1.41 bits per heavy atom. The van der Waals surface area contributed by atoms with Gasteiger partial charge in [-0.2, -0.15) is 0 Å². The highest BCUT2D eigenvalue weighted by atomic mass is 35.5. The molecule has 13 heteroatoms. The van der Waals surface area contributed by atoms with Crippen LogP contribution in [0.15, 0.2) is 10.5 Å². The number of nitrogens with one attached hydrogen (secondary N) is 3. The van der Waals surface area contributed by atoms with E-state index in [0.29, 0.717) is 0 Å². The first kappa shape index (κ1) is 20.6. The predicted octanol–water partition coefficient (Wildman–Crippen LogP) is -0.910.